The molecule has 1 aliphatic rings. The summed E-state index contributed by atoms with van der Waals surface area (Å²) in [4.78, 5) is 30.8. The smallest absolute Gasteiger partial charge is 0.359 e. The number of nitrogens with zero attached hydrogens (tertiary/aromatic N) is 4. The first-order valence-electron chi connectivity index (χ1n) is 11.4. The van der Waals surface area contributed by atoms with E-state index in [2.05, 4.69) is 22.2 Å². The van der Waals surface area contributed by atoms with E-state index in [1.807, 2.05) is 0 Å². The van der Waals surface area contributed by atoms with Crippen LogP contribution in [-0.4, -0.2) is 21.2 Å². The molecule has 3 rings (SSSR count). The van der Waals surface area contributed by atoms with Crippen LogP contribution in [0.4, 0.5) is 14.7 Å². The summed E-state index contributed by atoms with van der Waals surface area (Å²) in [6.07, 6.45) is 9.09. The van der Waals surface area contributed by atoms with E-state index in [0.717, 1.165) is 14.7 Å². The molecule has 11 heteroatoms. The Morgan fingerprint density at radius 2 is 2.08 bits per heavy atom. The zero-order valence-electron chi connectivity index (χ0n) is 21.0. The van der Waals surface area contributed by atoms with Crippen LogP contribution in [0.15, 0.2) is 87.0 Å². The van der Waals surface area contributed by atoms with Gasteiger partial charge in [-0.1, -0.05) is 30.3 Å². The first kappa shape index (κ1) is 28.1. The second-order valence-electron chi connectivity index (χ2n) is 8.19. The number of rotatable bonds is 8. The molecule has 8 nitrogen and oxygen atoms in total. The molecule has 0 saturated heterocycles. The van der Waals surface area contributed by atoms with Crippen LogP contribution in [-0.2, 0) is 6.54 Å². The standard InChI is InChI=1S/C27H25ClF2N6O2/c1-5-20(28)12-21(6-2)36-26(37)34-25(33-24-10-17(14-32-4)7-8-22(24)29)35(27(36)38)15-19-11-18(13-31)23(30)9-16(19)3/h5-6,8-12,14,32H,1,7,15H2,2-4H3,(H,33,34,37)/b17-14+,20-12+,21-6+. The van der Waals surface area contributed by atoms with E-state index in [4.69, 9.17) is 11.6 Å². The minimum absolute atomic E-state index is 0.00931. The summed E-state index contributed by atoms with van der Waals surface area (Å²) in [6, 6.07) is 4.27. The predicted octanol–water partition coefficient (Wildman–Crippen LogP) is 4.60. The minimum atomic E-state index is -0.938. The van der Waals surface area contributed by atoms with Crippen molar-refractivity contribution >= 4 is 23.2 Å². The molecule has 0 unspecified atom stereocenters. The van der Waals surface area contributed by atoms with Gasteiger partial charge in [0.15, 0.2) is 0 Å². The molecule has 1 aliphatic carbocycles. The van der Waals surface area contributed by atoms with Crippen LogP contribution >= 0.6 is 11.6 Å². The first-order valence-corrected chi connectivity index (χ1v) is 11.8. The third kappa shape index (κ3) is 6.07. The van der Waals surface area contributed by atoms with E-state index in [1.54, 1.807) is 33.2 Å². The number of aryl methyl sites for hydroxylation is 1. The van der Waals surface area contributed by atoms with Crippen molar-refractivity contribution in [3.05, 3.63) is 121 Å². The van der Waals surface area contributed by atoms with Crippen LogP contribution in [0.5, 0.6) is 0 Å². The van der Waals surface area contributed by atoms with Crippen molar-refractivity contribution in [2.24, 2.45) is 0 Å². The molecule has 0 amide bonds. The Bertz CT molecular complexity index is 1600. The first-order chi connectivity index (χ1) is 18.1. The Hall–Kier alpha value is -4.49. The Balaban J connectivity index is 2.27. The zero-order chi connectivity index (χ0) is 28.0. The maximum Gasteiger partial charge on any atom is 0.359 e. The van der Waals surface area contributed by atoms with Crippen molar-refractivity contribution in [1.82, 2.24) is 19.4 Å². The van der Waals surface area contributed by atoms with Crippen LogP contribution in [0.2, 0.25) is 0 Å². The summed E-state index contributed by atoms with van der Waals surface area (Å²) in [5.74, 6) is -1.54. The highest BCUT2D eigenvalue weighted by Gasteiger charge is 2.20. The highest BCUT2D eigenvalue weighted by Crippen LogP contribution is 2.24. The predicted molar refractivity (Wildman–Crippen MR) is 144 cm³/mol. The fourth-order valence-electron chi connectivity index (χ4n) is 3.71. The number of nitriles is 1. The van der Waals surface area contributed by atoms with Gasteiger partial charge in [0.25, 0.3) is 0 Å². The molecule has 0 bridgehead atoms. The largest absolute Gasteiger partial charge is 0.394 e. The van der Waals surface area contributed by atoms with E-state index in [-0.39, 0.29) is 34.5 Å². The molecule has 0 atom stereocenters. The molecule has 0 fully saturated rings. The molecule has 2 aromatic rings. The summed E-state index contributed by atoms with van der Waals surface area (Å²) in [7, 11) is 1.70. The van der Waals surface area contributed by atoms with Crippen molar-refractivity contribution in [2.45, 2.75) is 26.8 Å². The molecule has 0 spiro atoms. The van der Waals surface area contributed by atoms with Crippen molar-refractivity contribution in [1.29, 1.82) is 5.26 Å². The van der Waals surface area contributed by atoms with Crippen LogP contribution in [0, 0.1) is 24.1 Å². The zero-order valence-corrected chi connectivity index (χ0v) is 21.7. The van der Waals surface area contributed by atoms with Gasteiger partial charge in [0, 0.05) is 12.1 Å². The lowest BCUT2D eigenvalue weighted by atomic mass is 10.0. The molecule has 38 heavy (non-hydrogen) atoms. The lowest BCUT2D eigenvalue weighted by molar-refractivity contribution is 0.617. The Morgan fingerprint density at radius 1 is 1.34 bits per heavy atom. The van der Waals surface area contributed by atoms with Gasteiger partial charge >= 0.3 is 11.4 Å². The van der Waals surface area contributed by atoms with Crippen LogP contribution in [0.25, 0.3) is 5.70 Å². The van der Waals surface area contributed by atoms with E-state index in [0.29, 0.717) is 17.5 Å². The summed E-state index contributed by atoms with van der Waals surface area (Å²) in [5.41, 5.74) is -0.224. The number of aromatic nitrogens is 3. The maximum absolute atomic E-state index is 14.7. The lowest BCUT2D eigenvalue weighted by Crippen LogP contribution is -2.42. The van der Waals surface area contributed by atoms with Crippen molar-refractivity contribution in [3.63, 3.8) is 0 Å². The number of benzene rings is 1. The number of hydrogen-bond donors (Lipinski definition) is 2. The third-order valence-electron chi connectivity index (χ3n) is 5.66. The molecule has 0 radical (unpaired) electrons. The fourth-order valence-corrected chi connectivity index (χ4v) is 3.82. The quantitative estimate of drug-likeness (QED) is 0.476. The van der Waals surface area contributed by atoms with Crippen molar-refractivity contribution < 1.29 is 8.78 Å². The van der Waals surface area contributed by atoms with Gasteiger partial charge in [0.1, 0.15) is 17.7 Å². The van der Waals surface area contributed by atoms with Gasteiger partial charge in [-0.05, 0) is 73.5 Å². The number of allylic oxidation sites excluding steroid dienone is 9. The Labute approximate surface area is 222 Å². The van der Waals surface area contributed by atoms with Crippen LogP contribution in [0.3, 0.4) is 0 Å². The second-order valence-corrected chi connectivity index (χ2v) is 8.62. The SMILES string of the molecule is C=C/C(Cl)=C\C(=C/C)n1c(=O)nc(NC2=C/C(=C/NC)CC=C2F)n(Cc2cc(C#N)c(F)cc2C)c1=O. The third-order valence-corrected chi connectivity index (χ3v) is 5.92. The monoisotopic (exact) mass is 538 g/mol. The molecule has 0 aliphatic heterocycles. The van der Waals surface area contributed by atoms with Gasteiger partial charge in [0.05, 0.1) is 23.5 Å². The van der Waals surface area contributed by atoms with Gasteiger partial charge < -0.3 is 10.6 Å². The van der Waals surface area contributed by atoms with E-state index in [1.165, 1.54) is 42.5 Å². The number of halogens is 3. The summed E-state index contributed by atoms with van der Waals surface area (Å²) in [5, 5.41) is 15.1. The molecule has 2 N–H and O–H groups in total. The van der Waals surface area contributed by atoms with Gasteiger partial charge in [-0.25, -0.2) is 22.9 Å². The lowest BCUT2D eigenvalue weighted by Gasteiger charge is -2.19. The highest BCUT2D eigenvalue weighted by atomic mass is 35.5. The van der Waals surface area contributed by atoms with E-state index in [9.17, 15) is 23.6 Å². The average molecular weight is 539 g/mol. The minimum Gasteiger partial charge on any atom is -0.394 e. The van der Waals surface area contributed by atoms with Gasteiger partial charge in [0.2, 0.25) is 5.95 Å². The van der Waals surface area contributed by atoms with Crippen LogP contribution < -0.4 is 22.0 Å². The second kappa shape index (κ2) is 12.2. The van der Waals surface area contributed by atoms with Gasteiger partial charge in [-0.2, -0.15) is 10.2 Å². The van der Waals surface area contributed by atoms with Crippen LogP contribution in [0.1, 0.15) is 30.0 Å². The van der Waals surface area contributed by atoms with Gasteiger partial charge in [-0.15, -0.1) is 0 Å². The molecule has 1 aromatic heterocycles. The summed E-state index contributed by atoms with van der Waals surface area (Å²) >= 11 is 6.06. The van der Waals surface area contributed by atoms with Crippen molar-refractivity contribution in [2.75, 3.05) is 12.4 Å². The fraction of sp³-hybridized carbons (Fsp3) is 0.185. The summed E-state index contributed by atoms with van der Waals surface area (Å²) < 4.78 is 30.8. The number of nitrogens with one attached hydrogen (secondary N) is 2. The summed E-state index contributed by atoms with van der Waals surface area (Å²) in [6.45, 7) is 6.58. The topological polar surface area (TPSA) is 105 Å². The molecular formula is C27H25ClF2N6O2. The van der Waals surface area contributed by atoms with E-state index >= 15 is 0 Å². The van der Waals surface area contributed by atoms with Crippen molar-refractivity contribution in [3.8, 4) is 6.07 Å². The Kier molecular flexibility index (Phi) is 8.99. The molecular weight excluding hydrogens is 514 g/mol. The normalized spacial score (nSPS) is 15.0. The molecule has 1 aromatic carbocycles. The molecule has 0 saturated carbocycles. The number of hydrogen-bond acceptors (Lipinski definition) is 6. The number of anilines is 1. The molecule has 1 heterocycles. The van der Waals surface area contributed by atoms with Gasteiger partial charge in [-0.3, -0.25) is 4.57 Å². The highest BCUT2D eigenvalue weighted by molar-refractivity contribution is 6.31. The average Bonchev–Trinajstić information content (AvgIpc) is 2.88. The molecule has 196 valence electrons. The maximum atomic E-state index is 14.7. The Morgan fingerprint density at radius 3 is 2.71 bits per heavy atom. The van der Waals surface area contributed by atoms with E-state index < -0.39 is 23.0 Å².